The third-order valence-corrected chi connectivity index (χ3v) is 8.79. The van der Waals surface area contributed by atoms with E-state index in [4.69, 9.17) is 83.6 Å². The zero-order valence-electron chi connectivity index (χ0n) is 30.1. The Morgan fingerprint density at radius 3 is 1.79 bits per heavy atom. The molecule has 266 valence electrons. The molecule has 0 heterocycles. The molecule has 4 amide bonds. The van der Waals surface area contributed by atoms with E-state index in [2.05, 4.69) is 20.9 Å². The summed E-state index contributed by atoms with van der Waals surface area (Å²) in [6.45, 7) is 3.97. The van der Waals surface area contributed by atoms with Gasteiger partial charge in [-0.15, -0.1) is 27.3 Å². The average Bonchev–Trinajstić information content (AvgIpc) is 3.07. The van der Waals surface area contributed by atoms with E-state index in [-0.39, 0.29) is 76.9 Å². The van der Waals surface area contributed by atoms with Crippen LogP contribution in [0.1, 0.15) is 54.4 Å². The Kier molecular flexibility index (Phi) is 16.7. The summed E-state index contributed by atoms with van der Waals surface area (Å²) in [5.41, 5.74) is 28.7. The molecular weight excluding hydrogens is 666 g/mol. The normalized spacial score (nSPS) is 13.6. The number of nitrogens with zero attached hydrogens (tertiary/aromatic N) is 1. The smallest absolute Gasteiger partial charge is 0.243 e. The van der Waals surface area contributed by atoms with Crippen molar-refractivity contribution < 1.29 is 24.3 Å². The summed E-state index contributed by atoms with van der Waals surface area (Å²) >= 11 is 0. The number of benzene rings is 2. The molecule has 21 heteroatoms. The Bertz CT molecular complexity index is 1660. The lowest BCUT2D eigenvalue weighted by atomic mass is 9.42. The minimum Gasteiger partial charge on any atom is -0.508 e. The molecule has 0 aliphatic heterocycles. The van der Waals surface area contributed by atoms with Crippen LogP contribution in [0.25, 0.3) is 0 Å². The predicted octanol–water partition coefficient (Wildman–Crippen LogP) is -7.84. The predicted molar refractivity (Wildman–Crippen MR) is 214 cm³/mol. The van der Waals surface area contributed by atoms with Crippen LogP contribution in [0.2, 0.25) is 0 Å². The molecule has 0 unspecified atom stereocenters. The number of unbranched alkanes of at least 4 members (excludes halogenated alkanes) is 1. The van der Waals surface area contributed by atoms with Crippen LogP contribution in [0.5, 0.6) is 5.75 Å². The first-order valence-electron chi connectivity index (χ1n) is 16.8. The van der Waals surface area contributed by atoms with Crippen molar-refractivity contribution in [3.63, 3.8) is 0 Å². The van der Waals surface area contributed by atoms with Crippen molar-refractivity contribution in [3.05, 3.63) is 34.4 Å². The molecule has 14 N–H and O–H groups in total. The average molecular weight is 708 g/mol. The quantitative estimate of drug-likeness (QED) is 0.0290. The van der Waals surface area contributed by atoms with Gasteiger partial charge in [0.05, 0.1) is 21.7 Å². The van der Waals surface area contributed by atoms with Gasteiger partial charge < -0.3 is 49.7 Å². The highest BCUT2D eigenvalue weighted by molar-refractivity contribution is 6.68. The van der Waals surface area contributed by atoms with Crippen LogP contribution < -0.4 is 71.9 Å². The zero-order valence-corrected chi connectivity index (χ0v) is 30.1. The molecule has 2 rings (SSSR count). The molecule has 4 atom stereocenters. The Morgan fingerprint density at radius 2 is 1.28 bits per heavy atom. The number of amides is 4. The van der Waals surface area contributed by atoms with Crippen LogP contribution in [0.15, 0.2) is 17.1 Å². The Balaban J connectivity index is 2.49. The van der Waals surface area contributed by atoms with Gasteiger partial charge in [0.1, 0.15) is 63.1 Å². The maximum atomic E-state index is 14.0. The second-order valence-electron chi connectivity index (χ2n) is 12.9. The van der Waals surface area contributed by atoms with Gasteiger partial charge in [-0.25, -0.2) is 0 Å². The van der Waals surface area contributed by atoms with E-state index in [1.807, 2.05) is 0 Å². The first-order chi connectivity index (χ1) is 24.6. The number of rotatable bonds is 19. The standard InChI is InChI=1S/C32H42B7N9O5/c1-13-10-15(49)11-14(2)16(13)12-19(47-28(51)17(41)6-5-9-45-31(43)44)30(53)46-18(7-3-4-8-40)29(52)48-26(27(42)50)32(38,39)20-21(33)23(35)25(37)24(36)22(20)34/h10-11,17-19,26,49H,3-9,12,40-41H2,1-2H3,(H2,42,50)(H,46,53)(H,47,51)(H,48,52)(H4,43,44,45)/t17-,18+,19+,26-/m1/s1. The molecular formula is C32H42B7N9O5. The van der Waals surface area contributed by atoms with E-state index in [0.29, 0.717) is 36.0 Å². The van der Waals surface area contributed by atoms with Crippen LogP contribution >= 0.6 is 0 Å². The van der Waals surface area contributed by atoms with Gasteiger partial charge in [-0.3, -0.25) is 24.2 Å². The molecule has 0 aliphatic carbocycles. The maximum absolute atomic E-state index is 14.0. The van der Waals surface area contributed by atoms with Gasteiger partial charge in [-0.1, -0.05) is 5.56 Å². The third-order valence-electron chi connectivity index (χ3n) is 8.79. The highest BCUT2D eigenvalue weighted by atomic mass is 16.3. The molecule has 53 heavy (non-hydrogen) atoms. The molecule has 0 bridgehead atoms. The summed E-state index contributed by atoms with van der Waals surface area (Å²) in [4.78, 5) is 57.9. The number of primary amides is 1. The Morgan fingerprint density at radius 1 is 0.774 bits per heavy atom. The number of aryl methyl sites for hydroxylation is 2. The summed E-state index contributed by atoms with van der Waals surface area (Å²) in [6.07, 6.45) is 1.36. The number of hydrogen-bond donors (Lipinski definition) is 9. The van der Waals surface area contributed by atoms with Crippen molar-refractivity contribution in [1.82, 2.24) is 16.0 Å². The van der Waals surface area contributed by atoms with Gasteiger partial charge in [0.2, 0.25) is 23.6 Å². The lowest BCUT2D eigenvalue weighted by Crippen LogP contribution is -2.67. The molecule has 0 aliphatic rings. The van der Waals surface area contributed by atoms with Crippen LogP contribution in [0.3, 0.4) is 0 Å². The lowest BCUT2D eigenvalue weighted by Gasteiger charge is -2.40. The summed E-state index contributed by atoms with van der Waals surface area (Å²) in [6, 6.07) is -2.51. The minimum absolute atomic E-state index is 0.0148. The number of phenolic OH excluding ortho intramolecular Hbond substituents is 1. The molecule has 14 radical (unpaired) electrons. The van der Waals surface area contributed by atoms with Gasteiger partial charge in [-0.05, 0) is 86.5 Å². The summed E-state index contributed by atoms with van der Waals surface area (Å²) in [5.74, 6) is -3.65. The number of nitrogens with one attached hydrogen (secondary N) is 3. The Hall–Kier alpha value is -4.24. The van der Waals surface area contributed by atoms with Gasteiger partial charge in [-0.2, -0.15) is 0 Å². The largest absolute Gasteiger partial charge is 0.508 e. The van der Waals surface area contributed by atoms with Crippen molar-refractivity contribution >= 4 is 112 Å². The maximum Gasteiger partial charge on any atom is 0.243 e. The van der Waals surface area contributed by atoms with Crippen LogP contribution in [0, 0.1) is 13.8 Å². The van der Waals surface area contributed by atoms with Crippen molar-refractivity contribution in [3.8, 4) is 5.75 Å². The number of nitrogens with two attached hydrogens (primary N) is 5. The monoisotopic (exact) mass is 709 g/mol. The van der Waals surface area contributed by atoms with Gasteiger partial charge in [0, 0.05) is 13.0 Å². The zero-order chi connectivity index (χ0) is 40.4. The second kappa shape index (κ2) is 19.7. The molecule has 0 saturated carbocycles. The van der Waals surface area contributed by atoms with E-state index in [1.165, 1.54) is 12.1 Å². The van der Waals surface area contributed by atoms with Crippen LogP contribution in [-0.2, 0) is 30.8 Å². The van der Waals surface area contributed by atoms with E-state index >= 15 is 0 Å². The van der Waals surface area contributed by atoms with E-state index in [1.54, 1.807) is 13.8 Å². The number of aromatic hydroxyl groups is 1. The molecule has 2 aromatic rings. The number of aliphatic imine (C=N–C) groups is 1. The van der Waals surface area contributed by atoms with Crippen molar-refractivity contribution in [1.29, 1.82) is 0 Å². The molecule has 0 spiro atoms. The molecule has 14 nitrogen and oxygen atoms in total. The number of hydrogen-bond acceptors (Lipinski definition) is 8. The fourth-order valence-corrected chi connectivity index (χ4v) is 5.80. The van der Waals surface area contributed by atoms with Crippen LogP contribution in [0.4, 0.5) is 0 Å². The first-order valence-corrected chi connectivity index (χ1v) is 16.8. The molecule has 0 saturated heterocycles. The molecule has 0 fully saturated rings. The van der Waals surface area contributed by atoms with E-state index < -0.39 is 53.0 Å². The Labute approximate surface area is 320 Å². The minimum atomic E-state index is -2.39. The fraction of sp³-hybridized carbons (Fsp3) is 0.469. The first kappa shape index (κ1) is 44.9. The highest BCUT2D eigenvalue weighted by Crippen LogP contribution is 2.23. The molecule has 2 aromatic carbocycles. The summed E-state index contributed by atoms with van der Waals surface area (Å²) in [7, 11) is 42.9. The fourth-order valence-electron chi connectivity index (χ4n) is 5.80. The second-order valence-corrected chi connectivity index (χ2v) is 12.9. The van der Waals surface area contributed by atoms with Crippen molar-refractivity contribution in [2.45, 2.75) is 81.8 Å². The topological polar surface area (TPSA) is 267 Å². The van der Waals surface area contributed by atoms with Crippen molar-refractivity contribution in [2.75, 3.05) is 13.1 Å². The number of carbonyl (C=O) groups is 4. The number of guanidine groups is 1. The van der Waals surface area contributed by atoms with E-state index in [9.17, 15) is 24.3 Å². The summed E-state index contributed by atoms with van der Waals surface area (Å²) < 4.78 is 0. The van der Waals surface area contributed by atoms with Crippen LogP contribution in [-0.4, -0.2) is 127 Å². The summed E-state index contributed by atoms with van der Waals surface area (Å²) in [5, 5.41) is 15.4. The van der Waals surface area contributed by atoms with Crippen molar-refractivity contribution in [2.24, 2.45) is 33.7 Å². The third kappa shape index (κ3) is 11.9. The SMILES string of the molecule is [B]c1c([B])c([B])c(C([B])([B])[C@H](NC(=O)[C@H](CCCCN)NC(=O)[C@H](Cc2c(C)cc(O)cc2C)NC(=O)[C@H](N)CCCN=C(N)N)C(N)=O)c([B])c1[B]. The van der Waals surface area contributed by atoms with E-state index in [0.717, 1.165) is 0 Å². The van der Waals surface area contributed by atoms with Gasteiger partial charge >= 0.3 is 0 Å². The number of carbonyl (C=O) groups excluding carboxylic acids is 4. The lowest BCUT2D eigenvalue weighted by molar-refractivity contribution is -0.133. The van der Waals surface area contributed by atoms with Gasteiger partial charge in [0.15, 0.2) is 5.96 Å². The molecule has 0 aromatic heterocycles. The highest BCUT2D eigenvalue weighted by Gasteiger charge is 2.39. The van der Waals surface area contributed by atoms with Gasteiger partial charge in [0.25, 0.3) is 0 Å². The number of phenols is 1.